The lowest BCUT2D eigenvalue weighted by Gasteiger charge is -2.53. The molecule has 9 heteroatoms. The van der Waals surface area contributed by atoms with Crippen LogP contribution in [0.3, 0.4) is 0 Å². The highest BCUT2D eigenvalue weighted by atomic mass is 35.5. The van der Waals surface area contributed by atoms with Crippen molar-refractivity contribution < 1.29 is 26.4 Å². The molecule has 0 aliphatic heterocycles. The van der Waals surface area contributed by atoms with E-state index in [2.05, 4.69) is 5.32 Å². The van der Waals surface area contributed by atoms with Gasteiger partial charge >= 0.3 is 0 Å². The monoisotopic (exact) mass is 483 g/mol. The van der Waals surface area contributed by atoms with Gasteiger partial charge in [-0.1, -0.05) is 11.6 Å². The molecule has 0 unspecified atom stereocenters. The number of carbonyl (C=O) groups is 1. The largest absolute Gasteiger partial charge is 0.322 e. The zero-order valence-corrected chi connectivity index (χ0v) is 18.5. The number of carbonyl (C=O) groups excluding carboxylic acids is 1. The first-order valence-electron chi connectivity index (χ1n) is 10.6. The third-order valence-corrected chi connectivity index (χ3v) is 10.1. The Morgan fingerprint density at radius 2 is 1.47 bits per heavy atom. The summed E-state index contributed by atoms with van der Waals surface area (Å²) in [5.74, 6) is -3.89. The molecule has 2 aromatic carbocycles. The van der Waals surface area contributed by atoms with Gasteiger partial charge in [0, 0.05) is 23.4 Å². The predicted molar refractivity (Wildman–Crippen MR) is 114 cm³/mol. The van der Waals surface area contributed by atoms with Crippen LogP contribution in [-0.2, 0) is 9.84 Å². The van der Waals surface area contributed by atoms with Crippen molar-refractivity contribution in [2.24, 2.45) is 23.7 Å². The number of rotatable bonds is 4. The summed E-state index contributed by atoms with van der Waals surface area (Å²) in [6, 6.07) is 5.19. The Bertz CT molecular complexity index is 1170. The van der Waals surface area contributed by atoms with Crippen molar-refractivity contribution in [2.75, 3.05) is 5.32 Å². The molecule has 0 spiro atoms. The molecule has 1 amide bonds. The molecule has 0 atom stereocenters. The lowest BCUT2D eigenvalue weighted by molar-refractivity contribution is 0.0237. The third kappa shape index (κ3) is 3.61. The van der Waals surface area contributed by atoms with Gasteiger partial charge in [-0.25, -0.2) is 21.6 Å². The maximum atomic E-state index is 13.6. The number of hydrogen-bond acceptors (Lipinski definition) is 3. The lowest BCUT2D eigenvalue weighted by Crippen LogP contribution is -2.51. The van der Waals surface area contributed by atoms with Gasteiger partial charge in [-0.05, 0) is 74.0 Å². The zero-order valence-electron chi connectivity index (χ0n) is 17.0. The van der Waals surface area contributed by atoms with E-state index in [0.717, 1.165) is 25.7 Å². The molecule has 4 nitrogen and oxygen atoms in total. The van der Waals surface area contributed by atoms with Crippen molar-refractivity contribution in [3.63, 3.8) is 0 Å². The normalized spacial score (nSPS) is 28.7. The Morgan fingerprint density at radius 1 is 0.906 bits per heavy atom. The Balaban J connectivity index is 1.44. The van der Waals surface area contributed by atoms with Gasteiger partial charge in [0.1, 0.15) is 0 Å². The second-order valence-electron chi connectivity index (χ2n) is 9.29. The van der Waals surface area contributed by atoms with Crippen LogP contribution in [0.25, 0.3) is 0 Å². The summed E-state index contributed by atoms with van der Waals surface area (Å²) in [4.78, 5) is 12.5. The first-order chi connectivity index (χ1) is 15.1. The van der Waals surface area contributed by atoms with Crippen LogP contribution in [0, 0.1) is 41.1 Å². The van der Waals surface area contributed by atoms with E-state index in [1.165, 1.54) is 24.6 Å². The highest BCUT2D eigenvalue weighted by Gasteiger charge is 2.53. The standard InChI is InChI=1S/C23H21ClF3NO3S/c24-17-2-1-13(23(29)28-16-9-18(25)21(27)19(26)10-16)8-20(17)32(30,31)22-14-4-11-3-12(6-14)7-15(22)5-11/h1-2,8-12,14-15,22H,3-7H2,(H,28,29)/t11-,12+,14+,15?,22?. The summed E-state index contributed by atoms with van der Waals surface area (Å²) >= 11 is 6.27. The molecule has 0 radical (unpaired) electrons. The second-order valence-corrected chi connectivity index (χ2v) is 11.8. The van der Waals surface area contributed by atoms with Crippen molar-refractivity contribution in [1.82, 2.24) is 0 Å². The van der Waals surface area contributed by atoms with Gasteiger partial charge in [-0.15, -0.1) is 0 Å². The fraction of sp³-hybridized carbons (Fsp3) is 0.435. The maximum Gasteiger partial charge on any atom is 0.255 e. The molecule has 1 N–H and O–H groups in total. The molecular formula is C23H21ClF3NO3S. The van der Waals surface area contributed by atoms with E-state index in [1.54, 1.807) is 0 Å². The fourth-order valence-electron chi connectivity index (χ4n) is 6.22. The maximum absolute atomic E-state index is 13.6. The molecule has 6 rings (SSSR count). The average molecular weight is 484 g/mol. The predicted octanol–water partition coefficient (Wildman–Crippen LogP) is 5.61. The molecule has 0 heterocycles. The molecule has 4 fully saturated rings. The molecular weight excluding hydrogens is 463 g/mol. The van der Waals surface area contributed by atoms with Gasteiger partial charge in [0.15, 0.2) is 27.3 Å². The average Bonchev–Trinajstić information content (AvgIpc) is 2.71. The van der Waals surface area contributed by atoms with E-state index in [1.807, 2.05) is 0 Å². The van der Waals surface area contributed by atoms with Crippen LogP contribution in [0.2, 0.25) is 5.02 Å². The van der Waals surface area contributed by atoms with Gasteiger partial charge in [0.2, 0.25) is 0 Å². The summed E-state index contributed by atoms with van der Waals surface area (Å²) in [7, 11) is -3.78. The van der Waals surface area contributed by atoms with Gasteiger partial charge in [-0.2, -0.15) is 0 Å². The van der Waals surface area contributed by atoms with Crippen LogP contribution >= 0.6 is 11.6 Å². The minimum atomic E-state index is -3.78. The highest BCUT2D eigenvalue weighted by molar-refractivity contribution is 7.92. The second kappa shape index (κ2) is 7.76. The van der Waals surface area contributed by atoms with Crippen LogP contribution in [0.4, 0.5) is 18.9 Å². The van der Waals surface area contributed by atoms with Crippen molar-refractivity contribution >= 4 is 33.0 Å². The fourth-order valence-corrected chi connectivity index (χ4v) is 9.04. The van der Waals surface area contributed by atoms with E-state index >= 15 is 0 Å². The lowest BCUT2D eigenvalue weighted by atomic mass is 9.56. The van der Waals surface area contributed by atoms with E-state index in [4.69, 9.17) is 11.6 Å². The van der Waals surface area contributed by atoms with Crippen LogP contribution < -0.4 is 5.32 Å². The van der Waals surface area contributed by atoms with Crippen LogP contribution in [0.1, 0.15) is 42.5 Å². The van der Waals surface area contributed by atoms with E-state index < -0.39 is 38.4 Å². The molecule has 2 aromatic rings. The smallest absolute Gasteiger partial charge is 0.255 e. The Kier molecular flexibility index (Phi) is 5.28. The van der Waals surface area contributed by atoms with E-state index in [0.29, 0.717) is 24.0 Å². The molecule has 4 aliphatic rings. The number of halogens is 4. The van der Waals surface area contributed by atoms with Crippen molar-refractivity contribution in [1.29, 1.82) is 0 Å². The molecule has 32 heavy (non-hydrogen) atoms. The van der Waals surface area contributed by atoms with Crippen molar-refractivity contribution in [3.05, 3.63) is 58.4 Å². The Labute approximate surface area is 189 Å². The Morgan fingerprint density at radius 3 is 2.03 bits per heavy atom. The van der Waals surface area contributed by atoms with Crippen molar-refractivity contribution in [3.8, 4) is 0 Å². The number of nitrogens with one attached hydrogen (secondary N) is 1. The number of hydrogen-bond donors (Lipinski definition) is 1. The molecule has 170 valence electrons. The van der Waals surface area contributed by atoms with Crippen LogP contribution in [0.15, 0.2) is 35.2 Å². The zero-order chi connectivity index (χ0) is 22.8. The first-order valence-corrected chi connectivity index (χ1v) is 12.5. The molecule has 4 aliphatic carbocycles. The van der Waals surface area contributed by atoms with Gasteiger partial charge in [0.25, 0.3) is 5.91 Å². The number of anilines is 1. The topological polar surface area (TPSA) is 63.2 Å². The summed E-state index contributed by atoms with van der Waals surface area (Å²) in [6.07, 6.45) is 4.85. The van der Waals surface area contributed by atoms with E-state index in [-0.39, 0.29) is 33.0 Å². The SMILES string of the molecule is O=C(Nc1cc(F)c(F)c(F)c1)c1ccc(Cl)c(S(=O)(=O)C2C3C[C@H]4C[C@@H](C3)C[C@H]2C4)c1. The summed E-state index contributed by atoms with van der Waals surface area (Å²) < 4.78 is 67.4. The van der Waals surface area contributed by atoms with Gasteiger partial charge in [-0.3, -0.25) is 4.79 Å². The minimum Gasteiger partial charge on any atom is -0.322 e. The van der Waals surface area contributed by atoms with Gasteiger partial charge in [0.05, 0.1) is 15.2 Å². The third-order valence-electron chi connectivity index (χ3n) is 7.24. The van der Waals surface area contributed by atoms with Crippen LogP contribution in [-0.4, -0.2) is 19.6 Å². The summed E-state index contributed by atoms with van der Waals surface area (Å²) in [5.41, 5.74) is -0.311. The number of sulfone groups is 1. The van der Waals surface area contributed by atoms with Crippen LogP contribution in [0.5, 0.6) is 0 Å². The molecule has 4 saturated carbocycles. The highest BCUT2D eigenvalue weighted by Crippen LogP contribution is 2.56. The molecule has 0 aromatic heterocycles. The number of benzene rings is 2. The molecule has 4 bridgehead atoms. The number of amides is 1. The quantitative estimate of drug-likeness (QED) is 0.575. The Hall–Kier alpha value is -2.06. The summed E-state index contributed by atoms with van der Waals surface area (Å²) in [5, 5.41) is 1.80. The van der Waals surface area contributed by atoms with Gasteiger partial charge < -0.3 is 5.32 Å². The minimum absolute atomic E-state index is 0.0260. The van der Waals surface area contributed by atoms with Crippen molar-refractivity contribution in [2.45, 2.75) is 42.2 Å². The van der Waals surface area contributed by atoms with E-state index in [9.17, 15) is 26.4 Å². The first kappa shape index (κ1) is 21.8. The molecule has 0 saturated heterocycles. The summed E-state index contributed by atoms with van der Waals surface area (Å²) in [6.45, 7) is 0.